The van der Waals surface area contributed by atoms with E-state index in [4.69, 9.17) is 5.11 Å². The van der Waals surface area contributed by atoms with Crippen molar-refractivity contribution in [3.8, 4) is 5.69 Å². The normalized spacial score (nSPS) is 11.8. The zero-order valence-electron chi connectivity index (χ0n) is 8.42. The van der Waals surface area contributed by atoms with Crippen molar-refractivity contribution in [3.63, 3.8) is 0 Å². The van der Waals surface area contributed by atoms with Crippen LogP contribution in [-0.4, -0.2) is 26.7 Å². The van der Waals surface area contributed by atoms with E-state index < -0.39 is 12.4 Å². The third-order valence-corrected chi connectivity index (χ3v) is 2.05. The molecular weight excluding hydrogens is 209 g/mol. The summed E-state index contributed by atoms with van der Waals surface area (Å²) in [5, 5.41) is 16.1. The van der Waals surface area contributed by atoms with E-state index in [1.165, 1.54) is 6.08 Å². The fourth-order valence-corrected chi connectivity index (χ4v) is 1.30. The predicted octanol–water partition coefficient (Wildman–Crippen LogP) is 1.57. The van der Waals surface area contributed by atoms with Crippen LogP contribution >= 0.6 is 0 Å². The van der Waals surface area contributed by atoms with Gasteiger partial charge in [0, 0.05) is 0 Å². The summed E-state index contributed by atoms with van der Waals surface area (Å²) in [4.78, 5) is 0. The van der Waals surface area contributed by atoms with E-state index in [1.807, 2.05) is 0 Å². The van der Waals surface area contributed by atoms with Crippen LogP contribution in [0.5, 0.6) is 0 Å². The average molecular weight is 219 g/mol. The lowest BCUT2D eigenvalue weighted by molar-refractivity contribution is 0.300. The van der Waals surface area contributed by atoms with E-state index in [2.05, 4.69) is 10.3 Å². The number of hydrogen-bond acceptors (Lipinski definition) is 3. The van der Waals surface area contributed by atoms with E-state index in [0.29, 0.717) is 5.56 Å². The van der Waals surface area contributed by atoms with E-state index in [1.54, 1.807) is 41.3 Å². The maximum absolute atomic E-state index is 12.8. The van der Waals surface area contributed by atoms with Gasteiger partial charge in [-0.1, -0.05) is 17.3 Å². The van der Waals surface area contributed by atoms with Gasteiger partial charge in [0.2, 0.25) is 0 Å². The number of benzene rings is 1. The molecule has 5 heteroatoms. The molecule has 16 heavy (non-hydrogen) atoms. The topological polar surface area (TPSA) is 50.9 Å². The second kappa shape index (κ2) is 4.67. The lowest BCUT2D eigenvalue weighted by Crippen LogP contribution is -1.94. The highest BCUT2D eigenvalue weighted by Gasteiger charge is 1.97. The zero-order valence-corrected chi connectivity index (χ0v) is 8.42. The van der Waals surface area contributed by atoms with Crippen LogP contribution in [0.3, 0.4) is 0 Å². The molecule has 1 aromatic heterocycles. The molecule has 1 N–H and O–H groups in total. The maximum Gasteiger partial charge on any atom is 0.126 e. The van der Waals surface area contributed by atoms with E-state index in [0.717, 1.165) is 5.69 Å². The van der Waals surface area contributed by atoms with Gasteiger partial charge in [-0.05, 0) is 23.8 Å². The first-order valence-corrected chi connectivity index (χ1v) is 4.73. The molecule has 0 fully saturated rings. The Morgan fingerprint density at radius 1 is 1.38 bits per heavy atom. The minimum absolute atomic E-state index is 0.562. The van der Waals surface area contributed by atoms with Crippen LogP contribution in [0.4, 0.5) is 4.39 Å². The monoisotopic (exact) mass is 219 g/mol. The number of aromatic nitrogens is 3. The molecule has 0 unspecified atom stereocenters. The second-order valence-electron chi connectivity index (χ2n) is 3.19. The third kappa shape index (κ3) is 2.32. The first-order chi connectivity index (χ1) is 7.79. The summed E-state index contributed by atoms with van der Waals surface area (Å²) in [7, 11) is 0. The average Bonchev–Trinajstić information content (AvgIpc) is 2.83. The standard InChI is InChI=1S/C11H10FN3O/c12-10(8-16)7-9-1-3-11(4-2-9)15-6-5-13-14-15/h1-7,16H,8H2. The van der Waals surface area contributed by atoms with Crippen LogP contribution in [0.25, 0.3) is 11.8 Å². The molecule has 0 atom stereocenters. The molecule has 0 radical (unpaired) electrons. The summed E-state index contributed by atoms with van der Waals surface area (Å²) in [6.07, 6.45) is 4.59. The molecule has 1 heterocycles. The molecule has 0 saturated carbocycles. The zero-order chi connectivity index (χ0) is 11.4. The summed E-state index contributed by atoms with van der Waals surface area (Å²) >= 11 is 0. The third-order valence-electron chi connectivity index (χ3n) is 2.05. The number of nitrogens with zero attached hydrogens (tertiary/aromatic N) is 3. The summed E-state index contributed by atoms with van der Waals surface area (Å²) in [5.74, 6) is -0.562. The molecule has 4 nitrogen and oxygen atoms in total. The summed E-state index contributed by atoms with van der Waals surface area (Å²) in [6, 6.07) is 7.08. The van der Waals surface area contributed by atoms with Gasteiger partial charge < -0.3 is 5.11 Å². The highest BCUT2D eigenvalue weighted by atomic mass is 19.1. The molecule has 82 valence electrons. The van der Waals surface area contributed by atoms with Gasteiger partial charge in [-0.15, -0.1) is 5.10 Å². The van der Waals surface area contributed by atoms with E-state index >= 15 is 0 Å². The summed E-state index contributed by atoms with van der Waals surface area (Å²) in [6.45, 7) is -0.579. The smallest absolute Gasteiger partial charge is 0.126 e. The van der Waals surface area contributed by atoms with Crippen LogP contribution in [-0.2, 0) is 0 Å². The fraction of sp³-hybridized carbons (Fsp3) is 0.0909. The fourth-order valence-electron chi connectivity index (χ4n) is 1.30. The molecule has 2 aromatic rings. The Morgan fingerprint density at radius 2 is 2.12 bits per heavy atom. The van der Waals surface area contributed by atoms with Gasteiger partial charge in [-0.25, -0.2) is 9.07 Å². The number of halogens is 1. The molecule has 0 bridgehead atoms. The lowest BCUT2D eigenvalue weighted by atomic mass is 10.2. The predicted molar refractivity (Wildman–Crippen MR) is 57.5 cm³/mol. The quantitative estimate of drug-likeness (QED) is 0.852. The number of hydrogen-bond donors (Lipinski definition) is 1. The Bertz CT molecular complexity index is 476. The van der Waals surface area contributed by atoms with Crippen molar-refractivity contribution in [2.45, 2.75) is 0 Å². The molecule has 0 amide bonds. The van der Waals surface area contributed by atoms with Crippen molar-refractivity contribution in [2.24, 2.45) is 0 Å². The molecular formula is C11H10FN3O. The molecule has 0 aliphatic rings. The maximum atomic E-state index is 12.8. The van der Waals surface area contributed by atoms with Gasteiger partial charge in [0.05, 0.1) is 24.7 Å². The highest BCUT2D eigenvalue weighted by molar-refractivity contribution is 5.53. The Balaban J connectivity index is 2.23. The van der Waals surface area contributed by atoms with Crippen molar-refractivity contribution in [1.82, 2.24) is 15.0 Å². The molecule has 0 aliphatic heterocycles. The Morgan fingerprint density at radius 3 is 2.69 bits per heavy atom. The molecule has 2 rings (SSSR count). The van der Waals surface area contributed by atoms with Crippen molar-refractivity contribution in [1.29, 1.82) is 0 Å². The van der Waals surface area contributed by atoms with Crippen LogP contribution in [0.2, 0.25) is 0 Å². The lowest BCUT2D eigenvalue weighted by Gasteiger charge is -2.00. The second-order valence-corrected chi connectivity index (χ2v) is 3.19. The number of aliphatic hydroxyl groups is 1. The molecule has 0 saturated heterocycles. The molecule has 1 aromatic carbocycles. The van der Waals surface area contributed by atoms with Gasteiger partial charge >= 0.3 is 0 Å². The van der Waals surface area contributed by atoms with Gasteiger partial charge in [-0.2, -0.15) is 0 Å². The Kier molecular flexibility index (Phi) is 3.07. The number of aliphatic hydroxyl groups excluding tert-OH is 1. The van der Waals surface area contributed by atoms with Crippen LogP contribution < -0.4 is 0 Å². The van der Waals surface area contributed by atoms with Crippen LogP contribution in [0.1, 0.15) is 5.56 Å². The molecule has 0 aliphatic carbocycles. The van der Waals surface area contributed by atoms with Crippen molar-refractivity contribution in [2.75, 3.05) is 6.61 Å². The van der Waals surface area contributed by atoms with Crippen LogP contribution in [0.15, 0.2) is 42.5 Å². The SMILES string of the molecule is OCC(F)=Cc1ccc(-n2ccnn2)cc1. The highest BCUT2D eigenvalue weighted by Crippen LogP contribution is 2.11. The van der Waals surface area contributed by atoms with E-state index in [9.17, 15) is 4.39 Å². The Hall–Kier alpha value is -2.01. The largest absolute Gasteiger partial charge is 0.389 e. The summed E-state index contributed by atoms with van der Waals surface area (Å²) in [5.41, 5.74) is 1.54. The first-order valence-electron chi connectivity index (χ1n) is 4.73. The Labute approximate surface area is 91.6 Å². The van der Waals surface area contributed by atoms with Gasteiger partial charge in [0.1, 0.15) is 5.83 Å². The van der Waals surface area contributed by atoms with Crippen molar-refractivity contribution >= 4 is 6.08 Å². The van der Waals surface area contributed by atoms with Gasteiger partial charge in [-0.3, -0.25) is 0 Å². The van der Waals surface area contributed by atoms with Gasteiger partial charge in [0.25, 0.3) is 0 Å². The summed E-state index contributed by atoms with van der Waals surface area (Å²) < 4.78 is 14.4. The van der Waals surface area contributed by atoms with Crippen molar-refractivity contribution in [3.05, 3.63) is 48.0 Å². The van der Waals surface area contributed by atoms with E-state index in [-0.39, 0.29) is 0 Å². The van der Waals surface area contributed by atoms with Gasteiger partial charge in [0.15, 0.2) is 0 Å². The minimum atomic E-state index is -0.579. The van der Waals surface area contributed by atoms with Crippen LogP contribution in [0, 0.1) is 0 Å². The number of rotatable bonds is 3. The van der Waals surface area contributed by atoms with Crippen molar-refractivity contribution < 1.29 is 9.50 Å². The molecule has 0 spiro atoms. The minimum Gasteiger partial charge on any atom is -0.389 e. The first kappa shape index (κ1) is 10.5.